The van der Waals surface area contributed by atoms with Crippen molar-refractivity contribution in [1.82, 2.24) is 9.78 Å². The van der Waals surface area contributed by atoms with E-state index in [1.165, 1.54) is 0 Å². The summed E-state index contributed by atoms with van der Waals surface area (Å²) in [7, 11) is -1.70. The van der Waals surface area contributed by atoms with Crippen molar-refractivity contribution in [2.24, 2.45) is 7.05 Å². The number of hydrogen-bond acceptors (Lipinski definition) is 3. The van der Waals surface area contributed by atoms with Gasteiger partial charge in [0.2, 0.25) is 0 Å². The van der Waals surface area contributed by atoms with E-state index < -0.39 is 7.60 Å². The SMILES string of the molecule is CCOP(=O)(O)Cc1cc(C)n(C)n1. The van der Waals surface area contributed by atoms with Crippen molar-refractivity contribution in [3.8, 4) is 0 Å². The molecule has 0 amide bonds. The fraction of sp³-hybridized carbons (Fsp3) is 0.625. The van der Waals surface area contributed by atoms with Crippen LogP contribution in [0.15, 0.2) is 6.07 Å². The van der Waals surface area contributed by atoms with Gasteiger partial charge in [0.25, 0.3) is 0 Å². The average molecular weight is 218 g/mol. The highest BCUT2D eigenvalue weighted by Gasteiger charge is 2.21. The van der Waals surface area contributed by atoms with Gasteiger partial charge >= 0.3 is 7.60 Å². The summed E-state index contributed by atoms with van der Waals surface area (Å²) in [6.45, 7) is 3.81. The summed E-state index contributed by atoms with van der Waals surface area (Å²) in [5, 5.41) is 4.08. The van der Waals surface area contributed by atoms with Crippen LogP contribution in [0.2, 0.25) is 0 Å². The molecule has 1 N–H and O–H groups in total. The Labute approximate surface area is 83.2 Å². The minimum absolute atomic E-state index is 0.0253. The van der Waals surface area contributed by atoms with Crippen molar-refractivity contribution in [2.75, 3.05) is 6.61 Å². The van der Waals surface area contributed by atoms with Crippen molar-refractivity contribution in [1.29, 1.82) is 0 Å². The molecule has 14 heavy (non-hydrogen) atoms. The van der Waals surface area contributed by atoms with Crippen LogP contribution < -0.4 is 0 Å². The molecule has 0 aliphatic carbocycles. The molecule has 5 nitrogen and oxygen atoms in total. The second-order valence-corrected chi connectivity index (χ2v) is 4.96. The van der Waals surface area contributed by atoms with Gasteiger partial charge in [0, 0.05) is 12.7 Å². The molecule has 0 saturated heterocycles. The predicted octanol–water partition coefficient (Wildman–Crippen LogP) is 1.45. The van der Waals surface area contributed by atoms with Crippen molar-refractivity contribution in [3.63, 3.8) is 0 Å². The average Bonchev–Trinajstić information content (AvgIpc) is 2.29. The molecule has 0 aromatic carbocycles. The van der Waals surface area contributed by atoms with Gasteiger partial charge in [0.05, 0.1) is 18.5 Å². The van der Waals surface area contributed by atoms with E-state index in [0.29, 0.717) is 5.69 Å². The maximum absolute atomic E-state index is 11.4. The minimum atomic E-state index is -3.50. The van der Waals surface area contributed by atoms with Crippen LogP contribution in [0.1, 0.15) is 18.3 Å². The normalized spacial score (nSPS) is 15.4. The van der Waals surface area contributed by atoms with Crippen molar-refractivity contribution < 1.29 is 14.0 Å². The van der Waals surface area contributed by atoms with Gasteiger partial charge in [-0.15, -0.1) is 0 Å². The molecule has 0 radical (unpaired) electrons. The first-order chi connectivity index (χ1) is 6.44. The lowest BCUT2D eigenvalue weighted by molar-refractivity contribution is 0.272. The summed E-state index contributed by atoms with van der Waals surface area (Å²) in [4.78, 5) is 9.35. The van der Waals surface area contributed by atoms with Gasteiger partial charge in [0.15, 0.2) is 0 Å². The van der Waals surface area contributed by atoms with E-state index in [1.54, 1.807) is 24.7 Å². The molecule has 0 spiro atoms. The van der Waals surface area contributed by atoms with Crippen LogP contribution in [0.3, 0.4) is 0 Å². The van der Waals surface area contributed by atoms with Gasteiger partial charge in [-0.05, 0) is 19.9 Å². The quantitative estimate of drug-likeness (QED) is 0.777. The second-order valence-electron chi connectivity index (χ2n) is 3.11. The van der Waals surface area contributed by atoms with Crippen molar-refractivity contribution >= 4 is 7.60 Å². The minimum Gasteiger partial charge on any atom is -0.324 e. The van der Waals surface area contributed by atoms with Crippen molar-refractivity contribution in [3.05, 3.63) is 17.5 Å². The van der Waals surface area contributed by atoms with Crippen LogP contribution in [0.4, 0.5) is 0 Å². The van der Waals surface area contributed by atoms with Crippen LogP contribution in [-0.4, -0.2) is 21.3 Å². The van der Waals surface area contributed by atoms with E-state index in [4.69, 9.17) is 4.52 Å². The molecule has 1 aromatic heterocycles. The molecule has 6 heteroatoms. The molecule has 0 bridgehead atoms. The lowest BCUT2D eigenvalue weighted by Gasteiger charge is -2.07. The van der Waals surface area contributed by atoms with Crippen LogP contribution in [0.5, 0.6) is 0 Å². The Morgan fingerprint density at radius 3 is 2.79 bits per heavy atom. The van der Waals surface area contributed by atoms with Crippen molar-refractivity contribution in [2.45, 2.75) is 20.0 Å². The van der Waals surface area contributed by atoms with Gasteiger partial charge in [-0.1, -0.05) is 0 Å². The monoisotopic (exact) mass is 218 g/mol. The molecule has 0 aliphatic heterocycles. The van der Waals surface area contributed by atoms with Crippen LogP contribution in [-0.2, 0) is 22.3 Å². The number of hydrogen-bond donors (Lipinski definition) is 1. The van der Waals surface area contributed by atoms with Gasteiger partial charge < -0.3 is 9.42 Å². The van der Waals surface area contributed by atoms with E-state index in [2.05, 4.69) is 5.10 Å². The number of nitrogens with zero attached hydrogens (tertiary/aromatic N) is 2. The van der Waals surface area contributed by atoms with Gasteiger partial charge in [0.1, 0.15) is 0 Å². The Morgan fingerprint density at radius 1 is 1.71 bits per heavy atom. The number of aryl methyl sites for hydroxylation is 2. The summed E-state index contributed by atoms with van der Waals surface area (Å²) in [6, 6.07) is 1.78. The summed E-state index contributed by atoms with van der Waals surface area (Å²) >= 11 is 0. The highest BCUT2D eigenvalue weighted by molar-refractivity contribution is 7.51. The summed E-state index contributed by atoms with van der Waals surface area (Å²) in [6.07, 6.45) is -0.0253. The van der Waals surface area contributed by atoms with E-state index in [0.717, 1.165) is 5.69 Å². The van der Waals surface area contributed by atoms with Crippen LogP contribution in [0.25, 0.3) is 0 Å². The lowest BCUT2D eigenvalue weighted by atomic mass is 10.4. The highest BCUT2D eigenvalue weighted by atomic mass is 31.2. The summed E-state index contributed by atoms with van der Waals surface area (Å²) < 4.78 is 17.8. The smallest absolute Gasteiger partial charge is 0.324 e. The molecule has 0 fully saturated rings. The fourth-order valence-corrected chi connectivity index (χ4v) is 2.22. The molecule has 1 atom stereocenters. The van der Waals surface area contributed by atoms with E-state index in [1.807, 2.05) is 6.92 Å². The fourth-order valence-electron chi connectivity index (χ4n) is 1.16. The Bertz CT molecular complexity index is 342. The molecule has 1 aromatic rings. The highest BCUT2D eigenvalue weighted by Crippen LogP contribution is 2.45. The predicted molar refractivity (Wildman–Crippen MR) is 53.1 cm³/mol. The van der Waals surface area contributed by atoms with E-state index in [-0.39, 0.29) is 12.8 Å². The zero-order valence-corrected chi connectivity index (χ0v) is 9.49. The first-order valence-corrected chi connectivity index (χ1v) is 6.17. The first kappa shape index (κ1) is 11.4. The maximum atomic E-state index is 11.4. The molecule has 0 aliphatic rings. The molecule has 1 heterocycles. The Morgan fingerprint density at radius 2 is 2.36 bits per heavy atom. The standard InChI is InChI=1S/C8H15N2O3P/c1-4-13-14(11,12)6-8-5-7(2)10(3)9-8/h5H,4,6H2,1-3H3,(H,11,12). The molecule has 0 saturated carbocycles. The largest absolute Gasteiger partial charge is 0.334 e. The third kappa shape index (κ3) is 2.94. The molecule has 1 unspecified atom stereocenters. The first-order valence-electron chi connectivity index (χ1n) is 4.40. The topological polar surface area (TPSA) is 64.3 Å². The Balaban J connectivity index is 2.73. The summed E-state index contributed by atoms with van der Waals surface area (Å²) in [5.41, 5.74) is 1.54. The van der Waals surface area contributed by atoms with E-state index >= 15 is 0 Å². The maximum Gasteiger partial charge on any atom is 0.334 e. The third-order valence-corrected chi connectivity index (χ3v) is 3.24. The Kier molecular flexibility index (Phi) is 3.48. The third-order valence-electron chi connectivity index (χ3n) is 1.86. The molecule has 80 valence electrons. The van der Waals surface area contributed by atoms with Gasteiger partial charge in [-0.3, -0.25) is 9.25 Å². The number of rotatable bonds is 4. The Hall–Kier alpha value is -0.640. The number of aromatic nitrogens is 2. The van der Waals surface area contributed by atoms with Gasteiger partial charge in [-0.2, -0.15) is 5.10 Å². The zero-order valence-electron chi connectivity index (χ0n) is 8.60. The van der Waals surface area contributed by atoms with Crippen LogP contribution >= 0.6 is 7.60 Å². The molecule has 1 rings (SSSR count). The zero-order chi connectivity index (χ0) is 10.8. The lowest BCUT2D eigenvalue weighted by Crippen LogP contribution is -1.96. The summed E-state index contributed by atoms with van der Waals surface area (Å²) in [5.74, 6) is 0. The molecular formula is C8H15N2O3P. The molecular weight excluding hydrogens is 203 g/mol. The second kappa shape index (κ2) is 4.26. The van der Waals surface area contributed by atoms with Gasteiger partial charge in [-0.25, -0.2) is 0 Å². The van der Waals surface area contributed by atoms with E-state index in [9.17, 15) is 9.46 Å². The van der Waals surface area contributed by atoms with Crippen LogP contribution in [0, 0.1) is 6.92 Å².